The average Bonchev–Trinajstić information content (AvgIpc) is 2.34. The number of nitrogens with zero attached hydrogens (tertiary/aromatic N) is 2. The molecule has 6 heteroatoms. The molecule has 1 aromatic heterocycles. The summed E-state index contributed by atoms with van der Waals surface area (Å²) in [7, 11) is 0. The molecule has 0 amide bonds. The molecule has 0 radical (unpaired) electrons. The maximum Gasteiger partial charge on any atom is 0.270 e. The molecular weight excluding hydrogens is 258 g/mol. The lowest BCUT2D eigenvalue weighted by Gasteiger charge is -2.20. The fourth-order valence-electron chi connectivity index (χ4n) is 1.81. The number of aromatic nitrogens is 1. The Balaban J connectivity index is 2.50. The van der Waals surface area contributed by atoms with E-state index in [1.54, 1.807) is 12.1 Å². The van der Waals surface area contributed by atoms with E-state index in [0.717, 1.165) is 5.69 Å². The summed E-state index contributed by atoms with van der Waals surface area (Å²) in [5.74, 6) is 0.565. The summed E-state index contributed by atoms with van der Waals surface area (Å²) in [6.07, 6.45) is 0. The van der Waals surface area contributed by atoms with Crippen LogP contribution < -0.4 is 10.5 Å². The summed E-state index contributed by atoms with van der Waals surface area (Å²) >= 11 is 0. The van der Waals surface area contributed by atoms with Gasteiger partial charge < -0.3 is 10.5 Å². The molecular formula is C14H17N3O3. The van der Waals surface area contributed by atoms with Gasteiger partial charge in [-0.25, -0.2) is 0 Å². The first kappa shape index (κ1) is 14.2. The first-order valence-corrected chi connectivity index (χ1v) is 6.24. The van der Waals surface area contributed by atoms with Crippen molar-refractivity contribution in [1.29, 1.82) is 0 Å². The first-order valence-electron chi connectivity index (χ1n) is 6.24. The van der Waals surface area contributed by atoms with E-state index in [4.69, 9.17) is 10.5 Å². The Labute approximate surface area is 116 Å². The number of hydrogen-bond donors (Lipinski definition) is 1. The van der Waals surface area contributed by atoms with E-state index in [9.17, 15) is 10.1 Å². The third-order valence-electron chi connectivity index (χ3n) is 2.69. The molecule has 0 aliphatic heterocycles. The maximum absolute atomic E-state index is 10.9. The Bertz CT molecular complexity index is 662. The van der Waals surface area contributed by atoms with Crippen LogP contribution in [0.2, 0.25) is 0 Å². The van der Waals surface area contributed by atoms with Crippen LogP contribution in [0.1, 0.15) is 19.5 Å². The predicted octanol–water partition coefficient (Wildman–Crippen LogP) is 2.57. The first-order chi connectivity index (χ1) is 9.26. The van der Waals surface area contributed by atoms with Gasteiger partial charge in [-0.05, 0) is 26.8 Å². The molecule has 0 fully saturated rings. The number of fused-ring (bicyclic) bond motifs is 1. The fraction of sp³-hybridized carbons (Fsp3) is 0.357. The molecule has 2 N–H and O–H groups in total. The van der Waals surface area contributed by atoms with Crippen LogP contribution in [-0.2, 0) is 0 Å². The van der Waals surface area contributed by atoms with E-state index in [2.05, 4.69) is 4.98 Å². The van der Waals surface area contributed by atoms with Crippen molar-refractivity contribution < 1.29 is 9.66 Å². The molecule has 1 heterocycles. The Morgan fingerprint density at radius 3 is 2.70 bits per heavy atom. The summed E-state index contributed by atoms with van der Waals surface area (Å²) in [5.41, 5.74) is 6.88. The third-order valence-corrected chi connectivity index (χ3v) is 2.69. The lowest BCUT2D eigenvalue weighted by atomic mass is 10.1. The van der Waals surface area contributed by atoms with Gasteiger partial charge >= 0.3 is 0 Å². The minimum atomic E-state index is -0.482. The number of nitrogens with two attached hydrogens (primary N) is 1. The van der Waals surface area contributed by atoms with Crippen molar-refractivity contribution in [2.45, 2.75) is 26.3 Å². The van der Waals surface area contributed by atoms with Crippen molar-refractivity contribution >= 4 is 16.6 Å². The summed E-state index contributed by atoms with van der Waals surface area (Å²) in [6.45, 7) is 5.87. The quantitative estimate of drug-likeness (QED) is 0.684. The zero-order valence-corrected chi connectivity index (χ0v) is 11.7. The number of rotatable bonds is 4. The van der Waals surface area contributed by atoms with Crippen molar-refractivity contribution in [3.63, 3.8) is 0 Å². The molecule has 0 aliphatic carbocycles. The predicted molar refractivity (Wildman–Crippen MR) is 76.9 cm³/mol. The van der Waals surface area contributed by atoms with E-state index < -0.39 is 10.5 Å². The van der Waals surface area contributed by atoms with Gasteiger partial charge in [0.2, 0.25) is 0 Å². The van der Waals surface area contributed by atoms with Crippen LogP contribution in [0.15, 0.2) is 24.3 Å². The second kappa shape index (κ2) is 5.05. The van der Waals surface area contributed by atoms with E-state index in [0.29, 0.717) is 23.3 Å². The van der Waals surface area contributed by atoms with Crippen LogP contribution in [0.3, 0.4) is 0 Å². The van der Waals surface area contributed by atoms with E-state index in [-0.39, 0.29) is 5.69 Å². The largest absolute Gasteiger partial charge is 0.491 e. The summed E-state index contributed by atoms with van der Waals surface area (Å²) in [4.78, 5) is 14.8. The lowest BCUT2D eigenvalue weighted by molar-refractivity contribution is -0.384. The molecule has 0 bridgehead atoms. The number of non-ortho nitro benzene ring substituents is 1. The van der Waals surface area contributed by atoms with Crippen LogP contribution in [0.25, 0.3) is 10.9 Å². The van der Waals surface area contributed by atoms with Crippen molar-refractivity contribution in [3.05, 3.63) is 40.1 Å². The molecule has 2 aromatic rings. The maximum atomic E-state index is 10.9. The van der Waals surface area contributed by atoms with Crippen LogP contribution in [0.4, 0.5) is 5.69 Å². The van der Waals surface area contributed by atoms with E-state index in [1.165, 1.54) is 12.1 Å². The summed E-state index contributed by atoms with van der Waals surface area (Å²) in [5, 5.41) is 11.5. The van der Waals surface area contributed by atoms with Gasteiger partial charge in [0.1, 0.15) is 12.4 Å². The van der Waals surface area contributed by atoms with Gasteiger partial charge in [-0.1, -0.05) is 0 Å². The van der Waals surface area contributed by atoms with Crippen LogP contribution in [-0.4, -0.2) is 22.1 Å². The molecule has 106 valence electrons. The van der Waals surface area contributed by atoms with Gasteiger partial charge in [-0.3, -0.25) is 15.1 Å². The van der Waals surface area contributed by atoms with Crippen molar-refractivity contribution in [2.75, 3.05) is 6.61 Å². The zero-order chi connectivity index (χ0) is 14.9. The van der Waals surface area contributed by atoms with Gasteiger partial charge in [0.05, 0.1) is 10.4 Å². The Morgan fingerprint density at radius 1 is 1.40 bits per heavy atom. The SMILES string of the molecule is Cc1cc(OCC(C)(C)N)c2cc([N+](=O)[O-])ccc2n1. The van der Waals surface area contributed by atoms with Gasteiger partial charge in [0.25, 0.3) is 5.69 Å². The third kappa shape index (κ3) is 3.21. The van der Waals surface area contributed by atoms with Crippen molar-refractivity contribution in [3.8, 4) is 5.75 Å². The molecule has 0 saturated heterocycles. The monoisotopic (exact) mass is 275 g/mol. The second-order valence-electron chi connectivity index (χ2n) is 5.50. The van der Waals surface area contributed by atoms with E-state index in [1.807, 2.05) is 20.8 Å². The minimum Gasteiger partial charge on any atom is -0.491 e. The fourth-order valence-corrected chi connectivity index (χ4v) is 1.81. The van der Waals surface area contributed by atoms with Crippen LogP contribution in [0.5, 0.6) is 5.75 Å². The lowest BCUT2D eigenvalue weighted by Crippen LogP contribution is -2.38. The second-order valence-corrected chi connectivity index (χ2v) is 5.50. The minimum absolute atomic E-state index is 0.0139. The highest BCUT2D eigenvalue weighted by Crippen LogP contribution is 2.29. The Morgan fingerprint density at radius 2 is 2.10 bits per heavy atom. The average molecular weight is 275 g/mol. The number of benzene rings is 1. The molecule has 2 rings (SSSR count). The van der Waals surface area contributed by atoms with Gasteiger partial charge in [0.15, 0.2) is 0 Å². The summed E-state index contributed by atoms with van der Waals surface area (Å²) < 4.78 is 5.71. The van der Waals surface area contributed by atoms with Crippen LogP contribution >= 0.6 is 0 Å². The molecule has 0 saturated carbocycles. The molecule has 0 aliphatic rings. The van der Waals surface area contributed by atoms with Crippen molar-refractivity contribution in [2.24, 2.45) is 5.73 Å². The number of ether oxygens (including phenoxy) is 1. The number of pyridine rings is 1. The highest BCUT2D eigenvalue weighted by Gasteiger charge is 2.15. The highest BCUT2D eigenvalue weighted by molar-refractivity contribution is 5.87. The standard InChI is InChI=1S/C14H17N3O3/c1-9-6-13(20-8-14(2,3)15)11-7-10(17(18)19)4-5-12(11)16-9/h4-7H,8,15H2,1-3H3. The van der Waals surface area contributed by atoms with Gasteiger partial charge in [0, 0.05) is 34.8 Å². The highest BCUT2D eigenvalue weighted by atomic mass is 16.6. The smallest absolute Gasteiger partial charge is 0.270 e. The number of hydrogen-bond acceptors (Lipinski definition) is 5. The molecule has 6 nitrogen and oxygen atoms in total. The number of nitro benzene ring substituents is 1. The molecule has 20 heavy (non-hydrogen) atoms. The normalized spacial score (nSPS) is 11.6. The van der Waals surface area contributed by atoms with Crippen molar-refractivity contribution in [1.82, 2.24) is 4.98 Å². The Kier molecular flexibility index (Phi) is 3.59. The van der Waals surface area contributed by atoms with Crippen LogP contribution in [0, 0.1) is 17.0 Å². The topological polar surface area (TPSA) is 91.3 Å². The molecule has 0 spiro atoms. The Hall–Kier alpha value is -2.21. The van der Waals surface area contributed by atoms with E-state index >= 15 is 0 Å². The molecule has 0 unspecified atom stereocenters. The molecule has 0 atom stereocenters. The van der Waals surface area contributed by atoms with Gasteiger partial charge in [-0.15, -0.1) is 0 Å². The van der Waals surface area contributed by atoms with Gasteiger partial charge in [-0.2, -0.15) is 0 Å². The summed E-state index contributed by atoms with van der Waals surface area (Å²) in [6, 6.07) is 6.30. The zero-order valence-electron chi connectivity index (χ0n) is 11.7. The number of aryl methyl sites for hydroxylation is 1. The number of nitro groups is 1. The molecule has 1 aromatic carbocycles.